The molecule has 1 aromatic rings. The summed E-state index contributed by atoms with van der Waals surface area (Å²) in [6.07, 6.45) is 1.93. The molecule has 1 aromatic carbocycles. The molecule has 0 saturated heterocycles. The van der Waals surface area contributed by atoms with Gasteiger partial charge in [-0.25, -0.2) is 4.39 Å². The summed E-state index contributed by atoms with van der Waals surface area (Å²) < 4.78 is 15.5. The Hall–Kier alpha value is 0.197. The number of hydrogen-bond acceptors (Lipinski definition) is 1. The van der Waals surface area contributed by atoms with Gasteiger partial charge >= 0.3 is 0 Å². The fraction of sp³-hybridized carbons (Fsp3) is 0.538. The van der Waals surface area contributed by atoms with Gasteiger partial charge in [0.25, 0.3) is 0 Å². The van der Waals surface area contributed by atoms with Gasteiger partial charge in [-0.3, -0.25) is 0 Å². The molecular formula is C13H20BrFSSi. The molecule has 0 saturated carbocycles. The molecule has 0 bridgehead atoms. The highest BCUT2D eigenvalue weighted by molar-refractivity contribution is 9.10. The quantitative estimate of drug-likeness (QED) is 0.537. The van der Waals surface area contributed by atoms with Crippen LogP contribution in [-0.2, 0) is 0 Å². The second kappa shape index (κ2) is 6.39. The van der Waals surface area contributed by atoms with Crippen LogP contribution in [0.3, 0.4) is 0 Å². The molecule has 0 aliphatic rings. The van der Waals surface area contributed by atoms with E-state index >= 15 is 0 Å². The summed E-state index contributed by atoms with van der Waals surface area (Å²) in [5.74, 6) is 0.0177. The third-order valence-electron chi connectivity index (χ3n) is 3.84. The van der Waals surface area contributed by atoms with Crippen molar-refractivity contribution in [2.75, 3.05) is 6.26 Å². The molecule has 0 atom stereocenters. The van der Waals surface area contributed by atoms with Crippen molar-refractivity contribution >= 4 is 41.0 Å². The molecular weight excluding hydrogens is 315 g/mol. The Morgan fingerprint density at radius 1 is 1.18 bits per heavy atom. The van der Waals surface area contributed by atoms with Crippen LogP contribution in [0.5, 0.6) is 0 Å². The van der Waals surface area contributed by atoms with E-state index in [9.17, 15) is 4.39 Å². The third kappa shape index (κ3) is 2.79. The second-order valence-corrected chi connectivity index (χ2v) is 11.2. The Morgan fingerprint density at radius 2 is 1.71 bits per heavy atom. The predicted molar refractivity (Wildman–Crippen MR) is 82.7 cm³/mol. The number of thioether (sulfide) groups is 1. The zero-order valence-corrected chi connectivity index (χ0v) is 14.3. The second-order valence-electron chi connectivity index (χ2n) is 4.28. The molecule has 0 fully saturated rings. The van der Waals surface area contributed by atoms with Gasteiger partial charge in [0.2, 0.25) is 0 Å². The lowest BCUT2D eigenvalue weighted by Crippen LogP contribution is -2.48. The maximum Gasteiger partial charge on any atom is 0.137 e. The zero-order chi connectivity index (χ0) is 13.1. The van der Waals surface area contributed by atoms with Crippen molar-refractivity contribution in [2.45, 2.75) is 43.8 Å². The number of hydrogen-bond donors (Lipinski definition) is 0. The molecule has 0 aliphatic carbocycles. The number of benzene rings is 1. The van der Waals surface area contributed by atoms with Gasteiger partial charge in [0, 0.05) is 9.37 Å². The standard InChI is InChI=1S/C13H20BrFSSi/c1-5-17(6-2,7-3)13-10(14)8-9-11(16-4)12(13)15/h8-9H,5-7H2,1-4H3. The third-order valence-corrected chi connectivity index (χ3v) is 11.2. The zero-order valence-electron chi connectivity index (χ0n) is 10.9. The molecule has 0 aliphatic heterocycles. The molecule has 96 valence electrons. The van der Waals surface area contributed by atoms with Crippen molar-refractivity contribution in [3.8, 4) is 0 Å². The van der Waals surface area contributed by atoms with Gasteiger partial charge in [0.05, 0.1) is 8.07 Å². The highest BCUT2D eigenvalue weighted by Gasteiger charge is 2.34. The first-order chi connectivity index (χ1) is 8.06. The lowest BCUT2D eigenvalue weighted by molar-refractivity contribution is 0.608. The Bertz CT molecular complexity index is 383. The van der Waals surface area contributed by atoms with Crippen LogP contribution in [0.4, 0.5) is 4.39 Å². The van der Waals surface area contributed by atoms with Crippen molar-refractivity contribution in [1.82, 2.24) is 0 Å². The molecule has 0 spiro atoms. The normalized spacial score (nSPS) is 11.9. The van der Waals surface area contributed by atoms with E-state index in [1.54, 1.807) is 0 Å². The lowest BCUT2D eigenvalue weighted by atomic mass is 10.3. The Labute approximate surface area is 118 Å². The molecule has 0 heterocycles. The van der Waals surface area contributed by atoms with Gasteiger partial charge in [0.1, 0.15) is 5.82 Å². The van der Waals surface area contributed by atoms with E-state index in [1.807, 2.05) is 18.4 Å². The Balaban J connectivity index is 3.46. The molecule has 0 aromatic heterocycles. The lowest BCUT2D eigenvalue weighted by Gasteiger charge is -2.30. The van der Waals surface area contributed by atoms with Gasteiger partial charge in [-0.05, 0) is 23.6 Å². The van der Waals surface area contributed by atoms with Gasteiger partial charge in [-0.2, -0.15) is 0 Å². The minimum Gasteiger partial charge on any atom is -0.206 e. The molecule has 0 nitrogen and oxygen atoms in total. The number of halogens is 2. The number of rotatable bonds is 5. The molecule has 0 N–H and O–H groups in total. The fourth-order valence-corrected chi connectivity index (χ4v) is 8.35. The van der Waals surface area contributed by atoms with Crippen LogP contribution < -0.4 is 5.19 Å². The van der Waals surface area contributed by atoms with Crippen LogP contribution in [0.15, 0.2) is 21.5 Å². The first-order valence-corrected chi connectivity index (χ1v) is 10.7. The minimum absolute atomic E-state index is 0.0177. The maximum atomic E-state index is 14.6. The molecule has 0 unspecified atom stereocenters. The van der Waals surface area contributed by atoms with Crippen molar-refractivity contribution < 1.29 is 4.39 Å². The van der Waals surface area contributed by atoms with Crippen molar-refractivity contribution in [3.63, 3.8) is 0 Å². The largest absolute Gasteiger partial charge is 0.206 e. The molecule has 4 heteroatoms. The van der Waals surface area contributed by atoms with E-state index in [2.05, 4.69) is 36.7 Å². The van der Waals surface area contributed by atoms with E-state index in [0.29, 0.717) is 0 Å². The smallest absolute Gasteiger partial charge is 0.137 e. The SMILES string of the molecule is CC[Si](CC)(CC)c1c(Br)ccc(SC)c1F. The summed E-state index contributed by atoms with van der Waals surface area (Å²) in [5.41, 5.74) is 0. The van der Waals surface area contributed by atoms with Crippen LogP contribution in [0, 0.1) is 5.82 Å². The summed E-state index contributed by atoms with van der Waals surface area (Å²) in [4.78, 5) is 0.774. The van der Waals surface area contributed by atoms with Gasteiger partial charge in [0.15, 0.2) is 0 Å². The summed E-state index contributed by atoms with van der Waals surface area (Å²) in [5, 5.41) is 0.997. The van der Waals surface area contributed by atoms with E-state index in [-0.39, 0.29) is 5.82 Å². The minimum atomic E-state index is -1.67. The van der Waals surface area contributed by atoms with Gasteiger partial charge in [-0.1, -0.05) is 54.8 Å². The summed E-state index contributed by atoms with van der Waals surface area (Å²) in [6.45, 7) is 6.62. The first kappa shape index (κ1) is 15.3. The summed E-state index contributed by atoms with van der Waals surface area (Å²) >= 11 is 5.05. The summed E-state index contributed by atoms with van der Waals surface area (Å²) in [7, 11) is -1.67. The average molecular weight is 335 g/mol. The summed E-state index contributed by atoms with van der Waals surface area (Å²) in [6, 6.07) is 7.19. The van der Waals surface area contributed by atoms with Crippen molar-refractivity contribution in [3.05, 3.63) is 22.4 Å². The maximum absolute atomic E-state index is 14.6. The van der Waals surface area contributed by atoms with Crippen LogP contribution in [-0.4, -0.2) is 14.3 Å². The van der Waals surface area contributed by atoms with Gasteiger partial charge in [-0.15, -0.1) is 11.8 Å². The van der Waals surface area contributed by atoms with E-state index in [4.69, 9.17) is 0 Å². The monoisotopic (exact) mass is 334 g/mol. The molecule has 0 radical (unpaired) electrons. The molecule has 17 heavy (non-hydrogen) atoms. The Morgan fingerprint density at radius 3 is 2.12 bits per heavy atom. The van der Waals surface area contributed by atoms with Crippen LogP contribution in [0.1, 0.15) is 20.8 Å². The molecule has 0 amide bonds. The Kier molecular flexibility index (Phi) is 5.73. The highest BCUT2D eigenvalue weighted by atomic mass is 79.9. The van der Waals surface area contributed by atoms with Crippen molar-refractivity contribution in [1.29, 1.82) is 0 Å². The fourth-order valence-electron chi connectivity index (χ4n) is 2.46. The highest BCUT2D eigenvalue weighted by Crippen LogP contribution is 2.29. The van der Waals surface area contributed by atoms with E-state index in [0.717, 1.165) is 32.7 Å². The first-order valence-electron chi connectivity index (χ1n) is 6.08. The topological polar surface area (TPSA) is 0 Å². The van der Waals surface area contributed by atoms with Crippen molar-refractivity contribution in [2.24, 2.45) is 0 Å². The van der Waals surface area contributed by atoms with E-state index < -0.39 is 8.07 Å². The van der Waals surface area contributed by atoms with E-state index in [1.165, 1.54) is 11.8 Å². The van der Waals surface area contributed by atoms with Crippen LogP contribution in [0.25, 0.3) is 0 Å². The van der Waals surface area contributed by atoms with Crippen LogP contribution in [0.2, 0.25) is 18.1 Å². The predicted octanol–water partition coefficient (Wildman–Crippen LogP) is 5.03. The van der Waals surface area contributed by atoms with Crippen LogP contribution >= 0.6 is 27.7 Å². The average Bonchev–Trinajstić information content (AvgIpc) is 2.35. The molecule has 1 rings (SSSR count). The van der Waals surface area contributed by atoms with Gasteiger partial charge < -0.3 is 0 Å².